The minimum atomic E-state index is -0.00630. The number of benzene rings is 2. The van der Waals surface area contributed by atoms with Crippen LogP contribution in [0.2, 0.25) is 0 Å². The summed E-state index contributed by atoms with van der Waals surface area (Å²) in [7, 11) is 1.75. The molecule has 4 unspecified atom stereocenters. The van der Waals surface area contributed by atoms with Crippen molar-refractivity contribution >= 4 is 22.6 Å². The molecule has 0 aromatic heterocycles. The molecular weight excluding hydrogens is 364 g/mol. The summed E-state index contributed by atoms with van der Waals surface area (Å²) in [5.74, 6) is 0.672. The Morgan fingerprint density at radius 2 is 1.97 bits per heavy atom. The Morgan fingerprint density at radius 1 is 1.14 bits per heavy atom. The fraction of sp³-hybridized carbons (Fsp3) is 0.500. The van der Waals surface area contributed by atoms with Crippen molar-refractivity contribution in [1.82, 2.24) is 10.6 Å². The Morgan fingerprint density at radius 3 is 2.83 bits per heavy atom. The molecular formula is C24H30N2O3. The molecule has 5 nitrogen and oxygen atoms in total. The molecule has 4 atom stereocenters. The first-order valence-electron chi connectivity index (χ1n) is 10.7. The van der Waals surface area contributed by atoms with E-state index in [9.17, 15) is 9.59 Å². The molecule has 1 heterocycles. The van der Waals surface area contributed by atoms with Gasteiger partial charge in [0.25, 0.3) is 0 Å². The fourth-order valence-corrected chi connectivity index (χ4v) is 4.96. The highest BCUT2D eigenvalue weighted by Gasteiger charge is 2.39. The number of carbonyl (C=O) groups excluding carboxylic acids is 2. The van der Waals surface area contributed by atoms with Gasteiger partial charge in [-0.2, -0.15) is 0 Å². The van der Waals surface area contributed by atoms with Gasteiger partial charge in [0.05, 0.1) is 12.5 Å². The van der Waals surface area contributed by atoms with Crippen molar-refractivity contribution in [2.75, 3.05) is 13.7 Å². The highest BCUT2D eigenvalue weighted by Crippen LogP contribution is 2.35. The van der Waals surface area contributed by atoms with Gasteiger partial charge in [-0.1, -0.05) is 42.5 Å². The number of nitrogens with one attached hydrogen (secondary N) is 2. The van der Waals surface area contributed by atoms with Crippen LogP contribution in [0.3, 0.4) is 0 Å². The maximum Gasteiger partial charge on any atom is 0.224 e. The Hall–Kier alpha value is -2.40. The van der Waals surface area contributed by atoms with Crippen LogP contribution in [0.4, 0.5) is 0 Å². The Balaban J connectivity index is 1.27. The van der Waals surface area contributed by atoms with Crippen LogP contribution >= 0.6 is 0 Å². The maximum atomic E-state index is 12.5. The lowest BCUT2D eigenvalue weighted by atomic mass is 9.74. The predicted octanol–water partition coefficient (Wildman–Crippen LogP) is 3.21. The minimum absolute atomic E-state index is 0.00630. The van der Waals surface area contributed by atoms with E-state index in [1.165, 1.54) is 0 Å². The van der Waals surface area contributed by atoms with Gasteiger partial charge in [0.15, 0.2) is 0 Å². The summed E-state index contributed by atoms with van der Waals surface area (Å²) in [6.07, 6.45) is 5.34. The van der Waals surface area contributed by atoms with Crippen LogP contribution in [-0.4, -0.2) is 37.6 Å². The monoisotopic (exact) mass is 394 g/mol. The Labute approximate surface area is 172 Å². The zero-order valence-electron chi connectivity index (χ0n) is 17.0. The quantitative estimate of drug-likeness (QED) is 0.791. The summed E-state index contributed by atoms with van der Waals surface area (Å²) in [4.78, 5) is 24.9. The Bertz CT molecular complexity index is 876. The van der Waals surface area contributed by atoms with Gasteiger partial charge in [-0.05, 0) is 54.4 Å². The number of carbonyl (C=O) groups is 2. The number of piperidine rings is 1. The number of hydrogen-bond acceptors (Lipinski definition) is 3. The van der Waals surface area contributed by atoms with E-state index >= 15 is 0 Å². The average Bonchev–Trinajstić information content (AvgIpc) is 2.74. The molecule has 1 aliphatic heterocycles. The third-order valence-corrected chi connectivity index (χ3v) is 6.61. The fourth-order valence-electron chi connectivity index (χ4n) is 4.96. The van der Waals surface area contributed by atoms with Crippen molar-refractivity contribution in [2.24, 2.45) is 11.8 Å². The summed E-state index contributed by atoms with van der Waals surface area (Å²) in [5.41, 5.74) is 1.04. The van der Waals surface area contributed by atoms with Crippen molar-refractivity contribution in [3.05, 3.63) is 48.0 Å². The highest BCUT2D eigenvalue weighted by molar-refractivity contribution is 5.90. The lowest BCUT2D eigenvalue weighted by Gasteiger charge is -2.41. The van der Waals surface area contributed by atoms with Gasteiger partial charge in [0.2, 0.25) is 11.8 Å². The normalized spacial score (nSPS) is 26.6. The standard InChI is InChI=1S/C24H30N2O3/c1-29-20-10-9-18-13-19(24(28)26-22(18)15-20)11-12-25-23(27)14-17-7-4-6-16-5-2-3-8-21(16)17/h2-8,18-20,22H,9-15H2,1H3,(H,25,27)(H,26,28). The van der Waals surface area contributed by atoms with Gasteiger partial charge in [-0.3, -0.25) is 9.59 Å². The van der Waals surface area contributed by atoms with E-state index in [0.717, 1.165) is 42.0 Å². The molecule has 0 spiro atoms. The van der Waals surface area contributed by atoms with Crippen LogP contribution in [0.5, 0.6) is 0 Å². The van der Waals surface area contributed by atoms with Crippen molar-refractivity contribution in [3.63, 3.8) is 0 Å². The largest absolute Gasteiger partial charge is 0.381 e. The second-order valence-corrected chi connectivity index (χ2v) is 8.43. The summed E-state index contributed by atoms with van der Waals surface area (Å²) < 4.78 is 5.47. The number of amides is 2. The SMILES string of the molecule is COC1CCC2CC(CCNC(=O)Cc3cccc4ccccc34)C(=O)NC2C1. The summed E-state index contributed by atoms with van der Waals surface area (Å²) in [6, 6.07) is 14.4. The molecule has 1 saturated heterocycles. The zero-order valence-corrected chi connectivity index (χ0v) is 17.0. The van der Waals surface area contributed by atoms with Gasteiger partial charge in [-0.15, -0.1) is 0 Å². The molecule has 1 saturated carbocycles. The maximum absolute atomic E-state index is 12.5. The molecule has 1 aliphatic carbocycles. The van der Waals surface area contributed by atoms with Crippen LogP contribution in [0.1, 0.15) is 37.7 Å². The topological polar surface area (TPSA) is 67.4 Å². The molecule has 4 rings (SSSR count). The first kappa shape index (κ1) is 19.9. The number of methoxy groups -OCH3 is 1. The summed E-state index contributed by atoms with van der Waals surface area (Å²) >= 11 is 0. The highest BCUT2D eigenvalue weighted by atomic mass is 16.5. The second-order valence-electron chi connectivity index (χ2n) is 8.43. The van der Waals surface area contributed by atoms with Gasteiger partial charge < -0.3 is 15.4 Å². The van der Waals surface area contributed by atoms with Gasteiger partial charge >= 0.3 is 0 Å². The van der Waals surface area contributed by atoms with E-state index in [-0.39, 0.29) is 29.9 Å². The molecule has 2 aliphatic rings. The summed E-state index contributed by atoms with van der Waals surface area (Å²) in [5, 5.41) is 8.48. The van der Waals surface area contributed by atoms with E-state index in [1.54, 1.807) is 7.11 Å². The van der Waals surface area contributed by atoms with Crippen molar-refractivity contribution < 1.29 is 14.3 Å². The van der Waals surface area contributed by atoms with Gasteiger partial charge in [0, 0.05) is 25.6 Å². The number of ether oxygens (including phenoxy) is 1. The number of fused-ring (bicyclic) bond motifs is 2. The average molecular weight is 395 g/mol. The Kier molecular flexibility index (Phi) is 6.14. The lowest BCUT2D eigenvalue weighted by molar-refractivity contribution is -0.131. The summed E-state index contributed by atoms with van der Waals surface area (Å²) in [6.45, 7) is 0.541. The van der Waals surface area contributed by atoms with Crippen LogP contribution < -0.4 is 10.6 Å². The number of hydrogen-bond donors (Lipinski definition) is 2. The van der Waals surface area contributed by atoms with Crippen molar-refractivity contribution in [3.8, 4) is 0 Å². The van der Waals surface area contributed by atoms with Crippen LogP contribution in [-0.2, 0) is 20.7 Å². The van der Waals surface area contributed by atoms with E-state index in [1.807, 2.05) is 24.3 Å². The van der Waals surface area contributed by atoms with E-state index in [2.05, 4.69) is 28.8 Å². The third kappa shape index (κ3) is 4.61. The molecule has 0 bridgehead atoms. The van der Waals surface area contributed by atoms with Gasteiger partial charge in [-0.25, -0.2) is 0 Å². The molecule has 0 radical (unpaired) electrons. The first-order chi connectivity index (χ1) is 14.1. The molecule has 2 fully saturated rings. The van der Waals surface area contributed by atoms with Crippen LogP contribution in [0, 0.1) is 11.8 Å². The molecule has 29 heavy (non-hydrogen) atoms. The zero-order chi connectivity index (χ0) is 20.2. The van der Waals surface area contributed by atoms with Crippen molar-refractivity contribution in [1.29, 1.82) is 0 Å². The van der Waals surface area contributed by atoms with E-state index in [0.29, 0.717) is 25.3 Å². The third-order valence-electron chi connectivity index (χ3n) is 6.61. The second kappa shape index (κ2) is 8.95. The molecule has 154 valence electrons. The molecule has 2 N–H and O–H groups in total. The van der Waals surface area contributed by atoms with Crippen LogP contribution in [0.15, 0.2) is 42.5 Å². The molecule has 5 heteroatoms. The lowest BCUT2D eigenvalue weighted by Crippen LogP contribution is -2.53. The molecule has 2 aromatic carbocycles. The number of rotatable bonds is 6. The first-order valence-corrected chi connectivity index (χ1v) is 10.7. The smallest absolute Gasteiger partial charge is 0.224 e. The van der Waals surface area contributed by atoms with Crippen LogP contribution in [0.25, 0.3) is 10.8 Å². The predicted molar refractivity (Wildman–Crippen MR) is 113 cm³/mol. The van der Waals surface area contributed by atoms with E-state index in [4.69, 9.17) is 4.74 Å². The molecule has 2 aromatic rings. The van der Waals surface area contributed by atoms with Gasteiger partial charge in [0.1, 0.15) is 0 Å². The van der Waals surface area contributed by atoms with E-state index < -0.39 is 0 Å². The molecule has 2 amide bonds. The minimum Gasteiger partial charge on any atom is -0.381 e. The van der Waals surface area contributed by atoms with Crippen molar-refractivity contribution in [2.45, 2.75) is 50.7 Å².